The third-order valence-corrected chi connectivity index (χ3v) is 7.51. The van der Waals surface area contributed by atoms with Gasteiger partial charge in [-0.05, 0) is 37.8 Å². The van der Waals surface area contributed by atoms with Crippen LogP contribution in [-0.2, 0) is 14.8 Å². The first-order valence-corrected chi connectivity index (χ1v) is 10.5. The molecule has 2 saturated heterocycles. The summed E-state index contributed by atoms with van der Waals surface area (Å²) in [5.74, 6) is 1.14. The average molecular weight is 376 g/mol. The van der Waals surface area contributed by atoms with Gasteiger partial charge in [0.25, 0.3) is 0 Å². The van der Waals surface area contributed by atoms with Crippen molar-refractivity contribution < 1.29 is 17.6 Å². The molecule has 2 fully saturated rings. The molecule has 0 N–H and O–H groups in total. The number of aromatic nitrogens is 1. The summed E-state index contributed by atoms with van der Waals surface area (Å²) in [6.07, 6.45) is 4.48. The first-order valence-electron chi connectivity index (χ1n) is 9.01. The molecule has 2 aliphatic rings. The number of oxazole rings is 1. The lowest BCUT2D eigenvalue weighted by atomic mass is 9.80. The fourth-order valence-electron chi connectivity index (χ4n) is 4.00. The molecule has 7 heteroatoms. The topological polar surface area (TPSA) is 72.6 Å². The predicted molar refractivity (Wildman–Crippen MR) is 97.3 cm³/mol. The number of hydrogen-bond acceptors (Lipinski definition) is 5. The van der Waals surface area contributed by atoms with Gasteiger partial charge in [0, 0.05) is 37.6 Å². The Bertz CT molecular complexity index is 913. The van der Waals surface area contributed by atoms with Gasteiger partial charge in [0.05, 0.1) is 17.7 Å². The highest BCUT2D eigenvalue weighted by molar-refractivity contribution is 7.89. The Morgan fingerprint density at radius 3 is 2.77 bits per heavy atom. The van der Waals surface area contributed by atoms with Gasteiger partial charge >= 0.3 is 0 Å². The lowest BCUT2D eigenvalue weighted by Gasteiger charge is -2.38. The standard InChI is InChI=1S/C19H24N2O4S/c1-14-4-5-16(17-11-20-15(2)25-17)10-18(14)26(22,23)21-8-3-6-19(12-21)7-9-24-13-19/h4-5,10-11H,3,6-9,12-13H2,1-2H3. The van der Waals surface area contributed by atoms with Crippen LogP contribution in [0.25, 0.3) is 11.3 Å². The maximum absolute atomic E-state index is 13.4. The molecule has 1 unspecified atom stereocenters. The average Bonchev–Trinajstić information content (AvgIpc) is 3.25. The van der Waals surface area contributed by atoms with E-state index in [0.717, 1.165) is 37.0 Å². The van der Waals surface area contributed by atoms with Crippen molar-refractivity contribution in [1.82, 2.24) is 9.29 Å². The molecule has 1 spiro atoms. The molecule has 0 amide bonds. The molecular weight excluding hydrogens is 352 g/mol. The molecule has 2 aromatic rings. The summed E-state index contributed by atoms with van der Waals surface area (Å²) in [4.78, 5) is 4.45. The van der Waals surface area contributed by atoms with Crippen LogP contribution < -0.4 is 0 Å². The van der Waals surface area contributed by atoms with Gasteiger partial charge in [-0.25, -0.2) is 13.4 Å². The van der Waals surface area contributed by atoms with Crippen molar-refractivity contribution in [3.8, 4) is 11.3 Å². The van der Waals surface area contributed by atoms with Crippen LogP contribution in [0.4, 0.5) is 0 Å². The number of hydrogen-bond donors (Lipinski definition) is 0. The molecule has 0 bridgehead atoms. The van der Waals surface area contributed by atoms with Crippen molar-refractivity contribution in [2.24, 2.45) is 5.41 Å². The molecule has 4 rings (SSSR count). The van der Waals surface area contributed by atoms with Gasteiger partial charge in [-0.15, -0.1) is 0 Å². The molecule has 1 atom stereocenters. The molecule has 26 heavy (non-hydrogen) atoms. The number of nitrogens with zero attached hydrogens (tertiary/aromatic N) is 2. The van der Waals surface area contributed by atoms with Crippen LogP contribution >= 0.6 is 0 Å². The quantitative estimate of drug-likeness (QED) is 0.823. The lowest BCUT2D eigenvalue weighted by molar-refractivity contribution is 0.105. The monoisotopic (exact) mass is 376 g/mol. The summed E-state index contributed by atoms with van der Waals surface area (Å²) in [6.45, 7) is 6.10. The molecule has 2 aliphatic heterocycles. The second kappa shape index (κ2) is 6.48. The number of sulfonamides is 1. The van der Waals surface area contributed by atoms with Crippen LogP contribution in [0.1, 0.15) is 30.7 Å². The first-order chi connectivity index (χ1) is 12.4. The van der Waals surface area contributed by atoms with E-state index in [1.54, 1.807) is 23.5 Å². The van der Waals surface area contributed by atoms with Gasteiger partial charge in [0.15, 0.2) is 11.7 Å². The van der Waals surface area contributed by atoms with E-state index < -0.39 is 10.0 Å². The van der Waals surface area contributed by atoms with Crippen LogP contribution in [0.5, 0.6) is 0 Å². The van der Waals surface area contributed by atoms with E-state index in [4.69, 9.17) is 9.15 Å². The molecule has 0 saturated carbocycles. The Hall–Kier alpha value is -1.70. The number of aryl methyl sites for hydroxylation is 2. The normalized spacial score (nSPS) is 24.4. The van der Waals surface area contributed by atoms with Gasteiger partial charge in [0.2, 0.25) is 10.0 Å². The molecule has 3 heterocycles. The summed E-state index contributed by atoms with van der Waals surface area (Å²) < 4.78 is 39.5. The Morgan fingerprint density at radius 2 is 2.08 bits per heavy atom. The zero-order valence-electron chi connectivity index (χ0n) is 15.2. The van der Waals surface area contributed by atoms with E-state index in [-0.39, 0.29) is 5.41 Å². The summed E-state index contributed by atoms with van der Waals surface area (Å²) >= 11 is 0. The minimum absolute atomic E-state index is 0.0150. The highest BCUT2D eigenvalue weighted by Gasteiger charge is 2.42. The van der Waals surface area contributed by atoms with Crippen LogP contribution in [0.15, 0.2) is 33.7 Å². The fraction of sp³-hybridized carbons (Fsp3) is 0.526. The molecule has 1 aromatic carbocycles. The zero-order valence-corrected chi connectivity index (χ0v) is 16.0. The summed E-state index contributed by atoms with van der Waals surface area (Å²) in [5, 5.41) is 0. The zero-order chi connectivity index (χ0) is 18.4. The summed E-state index contributed by atoms with van der Waals surface area (Å²) in [6, 6.07) is 5.41. The lowest BCUT2D eigenvalue weighted by Crippen LogP contribution is -2.46. The van der Waals surface area contributed by atoms with E-state index in [1.807, 2.05) is 19.1 Å². The Labute approximate surface area is 154 Å². The third-order valence-electron chi connectivity index (χ3n) is 5.52. The predicted octanol–water partition coefficient (Wildman–Crippen LogP) is 3.15. The van der Waals surface area contributed by atoms with Crippen LogP contribution in [-0.4, -0.2) is 44.0 Å². The van der Waals surface area contributed by atoms with Crippen molar-refractivity contribution in [3.05, 3.63) is 35.9 Å². The Balaban J connectivity index is 1.69. The summed E-state index contributed by atoms with van der Waals surface area (Å²) in [7, 11) is -3.56. The number of benzene rings is 1. The minimum atomic E-state index is -3.56. The number of piperidine rings is 1. The van der Waals surface area contributed by atoms with Crippen LogP contribution in [0, 0.1) is 19.3 Å². The van der Waals surface area contributed by atoms with Crippen molar-refractivity contribution >= 4 is 10.0 Å². The largest absolute Gasteiger partial charge is 0.441 e. The maximum Gasteiger partial charge on any atom is 0.243 e. The van der Waals surface area contributed by atoms with E-state index >= 15 is 0 Å². The van der Waals surface area contributed by atoms with E-state index in [2.05, 4.69) is 4.98 Å². The first kappa shape index (κ1) is 17.7. The third kappa shape index (κ3) is 3.08. The minimum Gasteiger partial charge on any atom is -0.441 e. The number of ether oxygens (including phenoxy) is 1. The second-order valence-corrected chi connectivity index (χ2v) is 9.37. The maximum atomic E-state index is 13.4. The van der Waals surface area contributed by atoms with Crippen molar-refractivity contribution in [1.29, 1.82) is 0 Å². The van der Waals surface area contributed by atoms with Crippen molar-refractivity contribution in [2.45, 2.75) is 38.0 Å². The Morgan fingerprint density at radius 1 is 1.23 bits per heavy atom. The van der Waals surface area contributed by atoms with E-state index in [1.165, 1.54) is 0 Å². The molecule has 6 nitrogen and oxygen atoms in total. The van der Waals surface area contributed by atoms with Gasteiger partial charge in [-0.1, -0.05) is 12.1 Å². The highest BCUT2D eigenvalue weighted by atomic mass is 32.2. The smallest absolute Gasteiger partial charge is 0.243 e. The van der Waals surface area contributed by atoms with Crippen molar-refractivity contribution in [3.63, 3.8) is 0 Å². The van der Waals surface area contributed by atoms with Crippen LogP contribution in [0.3, 0.4) is 0 Å². The second-order valence-electron chi connectivity index (χ2n) is 7.47. The SMILES string of the molecule is Cc1ncc(-c2ccc(C)c(S(=O)(=O)N3CCCC4(CCOC4)C3)c2)o1. The molecule has 140 valence electrons. The molecular formula is C19H24N2O4S. The highest BCUT2D eigenvalue weighted by Crippen LogP contribution is 2.40. The molecule has 0 radical (unpaired) electrons. The molecule has 0 aliphatic carbocycles. The van der Waals surface area contributed by atoms with Gasteiger partial charge in [-0.2, -0.15) is 4.31 Å². The van der Waals surface area contributed by atoms with Gasteiger partial charge in [0.1, 0.15) is 0 Å². The van der Waals surface area contributed by atoms with Crippen molar-refractivity contribution in [2.75, 3.05) is 26.3 Å². The van der Waals surface area contributed by atoms with E-state index in [9.17, 15) is 8.42 Å². The molecule has 1 aromatic heterocycles. The fourth-order valence-corrected chi connectivity index (χ4v) is 5.85. The number of rotatable bonds is 3. The van der Waals surface area contributed by atoms with Gasteiger partial charge in [-0.3, -0.25) is 0 Å². The van der Waals surface area contributed by atoms with Gasteiger partial charge < -0.3 is 9.15 Å². The Kier molecular flexibility index (Phi) is 4.41. The van der Waals surface area contributed by atoms with E-state index in [0.29, 0.717) is 36.2 Å². The van der Waals surface area contributed by atoms with Crippen LogP contribution in [0.2, 0.25) is 0 Å². The summed E-state index contributed by atoms with van der Waals surface area (Å²) in [5.41, 5.74) is 1.46.